The van der Waals surface area contributed by atoms with Gasteiger partial charge in [-0.3, -0.25) is 14.1 Å². The van der Waals surface area contributed by atoms with Crippen LogP contribution in [0.25, 0.3) is 0 Å². The summed E-state index contributed by atoms with van der Waals surface area (Å²) in [7, 11) is -4.74. The van der Waals surface area contributed by atoms with E-state index in [0.717, 1.165) is 77.0 Å². The minimum atomic E-state index is -4.74. The number of hydrogen-bond acceptors (Lipinski definition) is 6. The summed E-state index contributed by atoms with van der Waals surface area (Å²) in [5, 5.41) is 0. The second kappa shape index (κ2) is 28.6. The van der Waals surface area contributed by atoms with Crippen LogP contribution in [0.2, 0.25) is 0 Å². The van der Waals surface area contributed by atoms with Crippen LogP contribution < -0.4 is 0 Å². The van der Waals surface area contributed by atoms with Gasteiger partial charge in [0.25, 0.3) is 0 Å². The van der Waals surface area contributed by atoms with E-state index in [1.165, 1.54) is 32.1 Å². The van der Waals surface area contributed by atoms with Gasteiger partial charge in [-0.1, -0.05) is 102 Å². The summed E-state index contributed by atoms with van der Waals surface area (Å²) in [5.74, 6) is -0.910. The molecule has 0 bridgehead atoms. The van der Waals surface area contributed by atoms with Crippen molar-refractivity contribution in [3.63, 3.8) is 0 Å². The Morgan fingerprint density at radius 1 is 0.610 bits per heavy atom. The van der Waals surface area contributed by atoms with Crippen molar-refractivity contribution < 1.29 is 37.9 Å². The van der Waals surface area contributed by atoms with Gasteiger partial charge in [-0.15, -0.1) is 0 Å². The summed E-state index contributed by atoms with van der Waals surface area (Å²) in [6.07, 6.45) is 29.0. The maximum atomic E-state index is 12.3. The summed E-state index contributed by atoms with van der Waals surface area (Å²) in [5.41, 5.74) is 0. The molecule has 1 atom stereocenters. The molecule has 1 unspecified atom stereocenters. The first-order valence-corrected chi connectivity index (χ1v) is 17.7. The third kappa shape index (κ3) is 31.3. The predicted molar refractivity (Wildman–Crippen MR) is 165 cm³/mol. The second-order valence-corrected chi connectivity index (χ2v) is 12.0. The quantitative estimate of drug-likeness (QED) is 0.0377. The molecule has 0 aliphatic rings. The van der Waals surface area contributed by atoms with E-state index in [2.05, 4.69) is 42.7 Å². The topological polar surface area (TPSA) is 119 Å². The maximum Gasteiger partial charge on any atom is 0.469 e. The average Bonchev–Trinajstić information content (AvgIpc) is 2.93. The molecule has 0 heterocycles. The molecule has 0 aromatic heterocycles. The van der Waals surface area contributed by atoms with E-state index in [0.29, 0.717) is 12.8 Å². The van der Waals surface area contributed by atoms with Crippen molar-refractivity contribution >= 4 is 19.8 Å². The smallest absolute Gasteiger partial charge is 0.462 e. The lowest BCUT2D eigenvalue weighted by Crippen LogP contribution is -2.29. The Labute approximate surface area is 249 Å². The van der Waals surface area contributed by atoms with E-state index in [1.807, 2.05) is 0 Å². The number of hydrogen-bond donors (Lipinski definition) is 2. The molecule has 0 saturated heterocycles. The molecule has 0 aliphatic carbocycles. The molecule has 8 nitrogen and oxygen atoms in total. The van der Waals surface area contributed by atoms with Crippen LogP contribution in [0.5, 0.6) is 0 Å². The minimum absolute atomic E-state index is 0.201. The van der Waals surface area contributed by atoms with Gasteiger partial charge in [-0.05, 0) is 57.8 Å². The summed E-state index contributed by atoms with van der Waals surface area (Å²) in [4.78, 5) is 42.4. The fourth-order valence-corrected chi connectivity index (χ4v) is 4.59. The largest absolute Gasteiger partial charge is 0.469 e. The molecule has 9 heteroatoms. The highest BCUT2D eigenvalue weighted by Gasteiger charge is 2.22. The highest BCUT2D eigenvalue weighted by Crippen LogP contribution is 2.35. The van der Waals surface area contributed by atoms with E-state index in [1.54, 1.807) is 0 Å². The summed E-state index contributed by atoms with van der Waals surface area (Å²) in [6.45, 7) is 3.57. The molecule has 0 aromatic carbocycles. The molecule has 0 rings (SSSR count). The number of carbonyl (C=O) groups is 2. The van der Waals surface area contributed by atoms with Gasteiger partial charge >= 0.3 is 19.8 Å². The Bertz CT molecular complexity index is 731. The van der Waals surface area contributed by atoms with Gasteiger partial charge in [0.2, 0.25) is 0 Å². The molecule has 0 radical (unpaired) electrons. The van der Waals surface area contributed by atoms with Crippen LogP contribution in [0, 0.1) is 0 Å². The fourth-order valence-electron chi connectivity index (χ4n) is 4.23. The third-order valence-electron chi connectivity index (χ3n) is 6.69. The zero-order valence-corrected chi connectivity index (χ0v) is 26.8. The molecule has 41 heavy (non-hydrogen) atoms. The van der Waals surface area contributed by atoms with Gasteiger partial charge in [0.05, 0.1) is 6.61 Å². The lowest BCUT2D eigenvalue weighted by molar-refractivity contribution is -0.161. The monoisotopic (exact) mass is 602 g/mol. The number of phosphoric ester groups is 1. The first kappa shape index (κ1) is 39.5. The Kier molecular flexibility index (Phi) is 27.6. The SMILES string of the molecule is CCCC/C=C\CCCCCCCC(=O)OCC(COP(=O)(O)O)OC(=O)CCCCCCC/C=C\CCCCC. The van der Waals surface area contributed by atoms with Crippen molar-refractivity contribution in [2.24, 2.45) is 0 Å². The zero-order valence-electron chi connectivity index (χ0n) is 25.9. The molecule has 2 N–H and O–H groups in total. The normalized spacial score (nSPS) is 12.8. The van der Waals surface area contributed by atoms with Crippen LogP contribution in [0.4, 0.5) is 0 Å². The highest BCUT2D eigenvalue weighted by molar-refractivity contribution is 7.46. The predicted octanol–water partition coefficient (Wildman–Crippen LogP) is 8.90. The first-order chi connectivity index (χ1) is 19.8. The minimum Gasteiger partial charge on any atom is -0.462 e. The van der Waals surface area contributed by atoms with Crippen LogP contribution >= 0.6 is 7.82 Å². The Morgan fingerprint density at radius 3 is 1.56 bits per heavy atom. The number of unbranched alkanes of at least 4 members (excludes halogenated alkanes) is 15. The van der Waals surface area contributed by atoms with Crippen LogP contribution in [0.1, 0.15) is 149 Å². The van der Waals surface area contributed by atoms with E-state index in [4.69, 9.17) is 19.3 Å². The number of esters is 2. The van der Waals surface area contributed by atoms with Crippen LogP contribution in [0.3, 0.4) is 0 Å². The Hall–Kier alpha value is -1.47. The van der Waals surface area contributed by atoms with Gasteiger partial charge in [0.15, 0.2) is 6.10 Å². The Balaban J connectivity index is 4.07. The Morgan fingerprint density at radius 2 is 1.05 bits per heavy atom. The number of phosphoric acid groups is 1. The molecule has 0 aliphatic heterocycles. The number of ether oxygens (including phenoxy) is 2. The van der Waals surface area contributed by atoms with Gasteiger partial charge in [0.1, 0.15) is 6.61 Å². The van der Waals surface area contributed by atoms with Gasteiger partial charge < -0.3 is 19.3 Å². The van der Waals surface area contributed by atoms with Gasteiger partial charge in [0, 0.05) is 12.8 Å². The van der Waals surface area contributed by atoms with Gasteiger partial charge in [-0.25, -0.2) is 4.57 Å². The van der Waals surface area contributed by atoms with Crippen molar-refractivity contribution in [3.05, 3.63) is 24.3 Å². The molecular weight excluding hydrogens is 543 g/mol. The van der Waals surface area contributed by atoms with Crippen LogP contribution in [-0.4, -0.2) is 41.0 Å². The lowest BCUT2D eigenvalue weighted by atomic mass is 10.1. The maximum absolute atomic E-state index is 12.3. The zero-order chi connectivity index (χ0) is 30.4. The molecular formula is C32H59O8P. The van der Waals surface area contributed by atoms with E-state index in [9.17, 15) is 14.2 Å². The molecule has 240 valence electrons. The fraction of sp³-hybridized carbons (Fsp3) is 0.812. The van der Waals surface area contributed by atoms with Crippen molar-refractivity contribution in [2.75, 3.05) is 13.2 Å². The summed E-state index contributed by atoms with van der Waals surface area (Å²) >= 11 is 0. The van der Waals surface area contributed by atoms with Crippen LogP contribution in [-0.2, 0) is 28.2 Å². The standard InChI is InChI=1S/C32H59O8P/c1-3-5-7-9-11-13-15-17-19-21-23-25-27-32(34)40-30(29-39-41(35,36)37)28-38-31(33)26-24-22-20-18-16-14-12-10-8-6-4-2/h10-13,30H,3-9,14-29H2,1-2H3,(H2,35,36,37)/b12-10-,13-11-. The third-order valence-corrected chi connectivity index (χ3v) is 7.18. The number of carbonyl (C=O) groups excluding carboxylic acids is 2. The van der Waals surface area contributed by atoms with Gasteiger partial charge in [-0.2, -0.15) is 0 Å². The van der Waals surface area contributed by atoms with E-state index >= 15 is 0 Å². The lowest BCUT2D eigenvalue weighted by Gasteiger charge is -2.18. The first-order valence-electron chi connectivity index (χ1n) is 16.1. The van der Waals surface area contributed by atoms with Crippen molar-refractivity contribution in [1.29, 1.82) is 0 Å². The summed E-state index contributed by atoms with van der Waals surface area (Å²) < 4.78 is 26.1. The highest BCUT2D eigenvalue weighted by atomic mass is 31.2. The van der Waals surface area contributed by atoms with Crippen molar-refractivity contribution in [1.82, 2.24) is 0 Å². The molecule has 0 spiro atoms. The molecule has 0 fully saturated rings. The average molecular weight is 603 g/mol. The number of rotatable bonds is 29. The molecule has 0 saturated carbocycles. The number of allylic oxidation sites excluding steroid dienone is 4. The van der Waals surface area contributed by atoms with E-state index < -0.39 is 32.5 Å². The van der Waals surface area contributed by atoms with E-state index in [-0.39, 0.29) is 19.4 Å². The molecule has 0 aromatic rings. The molecule has 0 amide bonds. The van der Waals surface area contributed by atoms with Crippen LogP contribution in [0.15, 0.2) is 24.3 Å². The summed E-state index contributed by atoms with van der Waals surface area (Å²) in [6, 6.07) is 0. The van der Waals surface area contributed by atoms with Crippen molar-refractivity contribution in [2.45, 2.75) is 155 Å². The van der Waals surface area contributed by atoms with Crippen molar-refractivity contribution in [3.8, 4) is 0 Å². The second-order valence-electron chi connectivity index (χ2n) is 10.8.